The number of hydrogen-bond donors (Lipinski definition) is 1. The van der Waals surface area contributed by atoms with E-state index in [4.69, 9.17) is 4.74 Å². The number of ether oxygens (including phenoxy) is 1. The minimum absolute atomic E-state index is 0.0660. The number of carbonyl (C=O) groups is 2. The third kappa shape index (κ3) is 2.97. The summed E-state index contributed by atoms with van der Waals surface area (Å²) in [5.74, 6) is -0.0660. The third-order valence-electron chi connectivity index (χ3n) is 3.81. The topological polar surface area (TPSA) is 60.3 Å². The van der Waals surface area contributed by atoms with Crippen LogP contribution < -0.4 is 5.32 Å². The standard InChI is InChI=1S/C16H18N2O3/c19-11-12-9-18(15-6-2-1-5-14(12)15)10-16(20)17-8-13-4-3-7-21-13/h1-2,5-6,9,11,13H,3-4,7-8,10H2,(H,17,20)/t13-/m1/s1. The molecule has 2 aromatic rings. The molecular weight excluding hydrogens is 268 g/mol. The largest absolute Gasteiger partial charge is 0.376 e. The molecule has 1 aliphatic rings. The van der Waals surface area contributed by atoms with Gasteiger partial charge in [-0.25, -0.2) is 0 Å². The Bertz CT molecular complexity index is 657. The van der Waals surface area contributed by atoms with Crippen molar-refractivity contribution in [3.63, 3.8) is 0 Å². The Morgan fingerprint density at radius 3 is 3.05 bits per heavy atom. The summed E-state index contributed by atoms with van der Waals surface area (Å²) in [6.45, 7) is 1.55. The van der Waals surface area contributed by atoms with Crippen LogP contribution in [0.2, 0.25) is 0 Å². The second kappa shape index (κ2) is 6.10. The molecular formula is C16H18N2O3. The van der Waals surface area contributed by atoms with E-state index in [1.807, 2.05) is 28.8 Å². The molecule has 5 nitrogen and oxygen atoms in total. The molecule has 0 radical (unpaired) electrons. The second-order valence-corrected chi connectivity index (χ2v) is 5.29. The summed E-state index contributed by atoms with van der Waals surface area (Å²) >= 11 is 0. The van der Waals surface area contributed by atoms with Crippen molar-refractivity contribution in [3.05, 3.63) is 36.0 Å². The summed E-state index contributed by atoms with van der Waals surface area (Å²) in [6, 6.07) is 7.59. The Morgan fingerprint density at radius 2 is 2.29 bits per heavy atom. The lowest BCUT2D eigenvalue weighted by Gasteiger charge is -2.11. The van der Waals surface area contributed by atoms with E-state index in [1.54, 1.807) is 6.20 Å². The van der Waals surface area contributed by atoms with Crippen LogP contribution in [-0.2, 0) is 16.1 Å². The number of nitrogens with zero attached hydrogens (tertiary/aromatic N) is 1. The lowest BCUT2D eigenvalue weighted by Crippen LogP contribution is -2.34. The molecule has 2 heterocycles. The van der Waals surface area contributed by atoms with Crippen LogP contribution in [0.3, 0.4) is 0 Å². The van der Waals surface area contributed by atoms with Gasteiger partial charge in [0.05, 0.1) is 6.10 Å². The van der Waals surface area contributed by atoms with Crippen molar-refractivity contribution < 1.29 is 14.3 Å². The molecule has 0 unspecified atom stereocenters. The molecule has 21 heavy (non-hydrogen) atoms. The zero-order valence-corrected chi connectivity index (χ0v) is 11.7. The average Bonchev–Trinajstić information content (AvgIpc) is 3.13. The Morgan fingerprint density at radius 1 is 1.43 bits per heavy atom. The molecule has 1 amide bonds. The van der Waals surface area contributed by atoms with E-state index in [1.165, 1.54) is 0 Å². The first-order valence-electron chi connectivity index (χ1n) is 7.19. The van der Waals surface area contributed by atoms with Crippen molar-refractivity contribution in [3.8, 4) is 0 Å². The summed E-state index contributed by atoms with van der Waals surface area (Å²) in [6.07, 6.45) is 4.75. The smallest absolute Gasteiger partial charge is 0.240 e. The number of aldehydes is 1. The van der Waals surface area contributed by atoms with Crippen LogP contribution in [0, 0.1) is 0 Å². The summed E-state index contributed by atoms with van der Waals surface area (Å²) in [4.78, 5) is 23.1. The van der Waals surface area contributed by atoms with Gasteiger partial charge in [-0.2, -0.15) is 0 Å². The molecule has 0 aliphatic carbocycles. The third-order valence-corrected chi connectivity index (χ3v) is 3.81. The predicted molar refractivity (Wildman–Crippen MR) is 79.3 cm³/mol. The van der Waals surface area contributed by atoms with Gasteiger partial charge in [0.15, 0.2) is 6.29 Å². The number of benzene rings is 1. The van der Waals surface area contributed by atoms with Crippen LogP contribution in [0.25, 0.3) is 10.9 Å². The molecule has 1 aromatic carbocycles. The van der Waals surface area contributed by atoms with Crippen LogP contribution in [0.5, 0.6) is 0 Å². The fourth-order valence-electron chi connectivity index (χ4n) is 2.74. The molecule has 0 bridgehead atoms. The fourth-order valence-corrected chi connectivity index (χ4v) is 2.74. The van der Waals surface area contributed by atoms with Crippen molar-refractivity contribution in [2.75, 3.05) is 13.2 Å². The van der Waals surface area contributed by atoms with Crippen molar-refractivity contribution in [2.24, 2.45) is 0 Å². The lowest BCUT2D eigenvalue weighted by atomic mass is 10.2. The first kappa shape index (κ1) is 13.8. The van der Waals surface area contributed by atoms with Gasteiger partial charge in [0, 0.05) is 35.8 Å². The van der Waals surface area contributed by atoms with Crippen molar-refractivity contribution in [1.29, 1.82) is 0 Å². The van der Waals surface area contributed by atoms with Gasteiger partial charge in [-0.3, -0.25) is 9.59 Å². The van der Waals surface area contributed by atoms with E-state index in [2.05, 4.69) is 5.32 Å². The van der Waals surface area contributed by atoms with E-state index < -0.39 is 0 Å². The van der Waals surface area contributed by atoms with Gasteiger partial charge in [0.25, 0.3) is 0 Å². The number of fused-ring (bicyclic) bond motifs is 1. The van der Waals surface area contributed by atoms with E-state index in [9.17, 15) is 9.59 Å². The average molecular weight is 286 g/mol. The molecule has 0 spiro atoms. The number of rotatable bonds is 5. The highest BCUT2D eigenvalue weighted by atomic mass is 16.5. The molecule has 110 valence electrons. The summed E-state index contributed by atoms with van der Waals surface area (Å²) in [5.41, 5.74) is 1.50. The van der Waals surface area contributed by atoms with E-state index >= 15 is 0 Å². The molecule has 1 saturated heterocycles. The summed E-state index contributed by atoms with van der Waals surface area (Å²) in [7, 11) is 0. The van der Waals surface area contributed by atoms with Crippen LogP contribution >= 0.6 is 0 Å². The number of amides is 1. The maximum absolute atomic E-state index is 12.0. The second-order valence-electron chi connectivity index (χ2n) is 5.29. The number of hydrogen-bond acceptors (Lipinski definition) is 3. The van der Waals surface area contributed by atoms with Gasteiger partial charge in [0.2, 0.25) is 5.91 Å². The maximum Gasteiger partial charge on any atom is 0.240 e. The highest BCUT2D eigenvalue weighted by molar-refractivity contribution is 5.98. The van der Waals surface area contributed by atoms with Gasteiger partial charge in [-0.15, -0.1) is 0 Å². The van der Waals surface area contributed by atoms with Crippen LogP contribution in [-0.4, -0.2) is 36.0 Å². The molecule has 3 rings (SSSR count). The fraction of sp³-hybridized carbons (Fsp3) is 0.375. The van der Waals surface area contributed by atoms with Crippen molar-refractivity contribution in [1.82, 2.24) is 9.88 Å². The van der Waals surface area contributed by atoms with Gasteiger partial charge in [-0.1, -0.05) is 18.2 Å². The maximum atomic E-state index is 12.0. The van der Waals surface area contributed by atoms with Crippen LogP contribution in [0.1, 0.15) is 23.2 Å². The normalized spacial score (nSPS) is 18.0. The Kier molecular flexibility index (Phi) is 4.01. The first-order chi connectivity index (χ1) is 10.3. The quantitative estimate of drug-likeness (QED) is 0.852. The van der Waals surface area contributed by atoms with E-state index in [-0.39, 0.29) is 18.6 Å². The highest BCUT2D eigenvalue weighted by Gasteiger charge is 2.16. The number of para-hydroxylation sites is 1. The SMILES string of the molecule is O=Cc1cn(CC(=O)NC[C@H]2CCCO2)c2ccccc12. The summed E-state index contributed by atoms with van der Waals surface area (Å²) < 4.78 is 7.29. The predicted octanol–water partition coefficient (Wildman–Crippen LogP) is 1.75. The minimum atomic E-state index is -0.0660. The van der Waals surface area contributed by atoms with Crippen LogP contribution in [0.15, 0.2) is 30.5 Å². The molecule has 1 aliphatic heterocycles. The van der Waals surface area contributed by atoms with Gasteiger partial charge < -0.3 is 14.6 Å². The monoisotopic (exact) mass is 286 g/mol. The van der Waals surface area contributed by atoms with E-state index in [0.717, 1.165) is 36.6 Å². The summed E-state index contributed by atoms with van der Waals surface area (Å²) in [5, 5.41) is 3.77. The first-order valence-corrected chi connectivity index (χ1v) is 7.19. The number of carbonyl (C=O) groups excluding carboxylic acids is 2. The number of aromatic nitrogens is 1. The van der Waals surface area contributed by atoms with Gasteiger partial charge in [0.1, 0.15) is 6.54 Å². The lowest BCUT2D eigenvalue weighted by molar-refractivity contribution is -0.122. The molecule has 1 atom stereocenters. The van der Waals surface area contributed by atoms with Crippen molar-refractivity contribution in [2.45, 2.75) is 25.5 Å². The molecule has 1 N–H and O–H groups in total. The highest BCUT2D eigenvalue weighted by Crippen LogP contribution is 2.19. The van der Waals surface area contributed by atoms with Crippen molar-refractivity contribution >= 4 is 23.1 Å². The Labute approximate surface area is 122 Å². The molecule has 5 heteroatoms. The van der Waals surface area contributed by atoms with Gasteiger partial charge in [-0.05, 0) is 18.9 Å². The minimum Gasteiger partial charge on any atom is -0.376 e. The van der Waals surface area contributed by atoms with E-state index in [0.29, 0.717) is 12.1 Å². The van der Waals surface area contributed by atoms with Crippen LogP contribution in [0.4, 0.5) is 0 Å². The molecule has 0 saturated carbocycles. The molecule has 1 fully saturated rings. The Hall–Kier alpha value is -2.14. The zero-order chi connectivity index (χ0) is 14.7. The Balaban J connectivity index is 1.69. The van der Waals surface area contributed by atoms with Gasteiger partial charge >= 0.3 is 0 Å². The zero-order valence-electron chi connectivity index (χ0n) is 11.7. The number of nitrogens with one attached hydrogen (secondary N) is 1. The molecule has 1 aromatic heterocycles.